The summed E-state index contributed by atoms with van der Waals surface area (Å²) < 4.78 is 10.3. The number of hydrogen-bond acceptors (Lipinski definition) is 7. The zero-order chi connectivity index (χ0) is 19.4. The molecular formula is C19H23N5O3. The zero-order valence-corrected chi connectivity index (χ0v) is 15.9. The molecule has 0 aliphatic carbocycles. The lowest BCUT2D eigenvalue weighted by atomic mass is 10.1. The van der Waals surface area contributed by atoms with Crippen LogP contribution in [0.3, 0.4) is 0 Å². The van der Waals surface area contributed by atoms with E-state index in [0.717, 1.165) is 18.7 Å². The lowest BCUT2D eigenvalue weighted by molar-refractivity contribution is 0.102. The minimum Gasteiger partial charge on any atom is -0.383 e. The van der Waals surface area contributed by atoms with E-state index < -0.39 is 0 Å². The SMILES string of the molecule is COCCN(C)Cc1ccnc(NC(=O)c2cc(C)nc3onc(C)c23)c1. The highest BCUT2D eigenvalue weighted by Gasteiger charge is 2.18. The van der Waals surface area contributed by atoms with Crippen LogP contribution in [0.15, 0.2) is 28.9 Å². The second-order valence-corrected chi connectivity index (χ2v) is 6.49. The number of carbonyl (C=O) groups excluding carboxylic acids is 1. The van der Waals surface area contributed by atoms with E-state index >= 15 is 0 Å². The minimum atomic E-state index is -0.269. The number of ether oxygens (including phenoxy) is 1. The summed E-state index contributed by atoms with van der Waals surface area (Å²) in [5.41, 5.74) is 3.20. The van der Waals surface area contributed by atoms with Gasteiger partial charge < -0.3 is 14.6 Å². The molecule has 0 bridgehead atoms. The Bertz CT molecular complexity index is 954. The molecule has 0 unspecified atom stereocenters. The monoisotopic (exact) mass is 369 g/mol. The quantitative estimate of drug-likeness (QED) is 0.684. The van der Waals surface area contributed by atoms with Gasteiger partial charge in [0.2, 0.25) is 0 Å². The van der Waals surface area contributed by atoms with Gasteiger partial charge in [-0.25, -0.2) is 9.97 Å². The second kappa shape index (κ2) is 8.24. The fourth-order valence-electron chi connectivity index (χ4n) is 2.86. The molecule has 0 saturated heterocycles. The number of likely N-dealkylation sites (N-methyl/N-ethyl adjacent to an activating group) is 1. The Labute approximate surface area is 157 Å². The van der Waals surface area contributed by atoms with Crippen molar-refractivity contribution in [3.63, 3.8) is 0 Å². The maximum atomic E-state index is 12.8. The van der Waals surface area contributed by atoms with E-state index in [-0.39, 0.29) is 5.91 Å². The maximum Gasteiger partial charge on any atom is 0.258 e. The van der Waals surface area contributed by atoms with Gasteiger partial charge in [0.1, 0.15) is 5.82 Å². The Hall–Kier alpha value is -2.84. The summed E-state index contributed by atoms with van der Waals surface area (Å²) in [6, 6.07) is 5.52. The van der Waals surface area contributed by atoms with Crippen molar-refractivity contribution in [2.24, 2.45) is 0 Å². The molecule has 3 aromatic heterocycles. The van der Waals surface area contributed by atoms with Crippen molar-refractivity contribution < 1.29 is 14.1 Å². The van der Waals surface area contributed by atoms with Gasteiger partial charge in [-0.2, -0.15) is 0 Å². The van der Waals surface area contributed by atoms with Crippen LogP contribution >= 0.6 is 0 Å². The van der Waals surface area contributed by atoms with Crippen LogP contribution in [0.2, 0.25) is 0 Å². The van der Waals surface area contributed by atoms with Crippen molar-refractivity contribution >= 4 is 22.8 Å². The van der Waals surface area contributed by atoms with Crippen LogP contribution in [-0.4, -0.2) is 53.2 Å². The second-order valence-electron chi connectivity index (χ2n) is 6.49. The molecule has 3 heterocycles. The standard InChI is InChI=1S/C19H23N5O3/c1-12-9-15(17-13(2)23-27-19(17)21-12)18(25)22-16-10-14(5-6-20-16)11-24(3)7-8-26-4/h5-6,9-10H,7-8,11H2,1-4H3,(H,20,22,25). The van der Waals surface area contributed by atoms with Gasteiger partial charge in [-0.1, -0.05) is 5.16 Å². The van der Waals surface area contributed by atoms with Crippen LogP contribution < -0.4 is 5.32 Å². The Morgan fingerprint density at radius 2 is 2.15 bits per heavy atom. The molecule has 0 aliphatic heterocycles. The van der Waals surface area contributed by atoms with Crippen molar-refractivity contribution in [3.05, 3.63) is 46.9 Å². The first-order valence-electron chi connectivity index (χ1n) is 8.65. The fourth-order valence-corrected chi connectivity index (χ4v) is 2.86. The topological polar surface area (TPSA) is 93.4 Å². The first-order valence-corrected chi connectivity index (χ1v) is 8.65. The number of nitrogens with zero attached hydrogens (tertiary/aromatic N) is 4. The summed E-state index contributed by atoms with van der Waals surface area (Å²) in [5.74, 6) is 0.226. The molecule has 8 nitrogen and oxygen atoms in total. The number of fused-ring (bicyclic) bond motifs is 1. The van der Waals surface area contributed by atoms with Gasteiger partial charge >= 0.3 is 0 Å². The van der Waals surface area contributed by atoms with Gasteiger partial charge in [0.25, 0.3) is 11.6 Å². The molecule has 0 aliphatic rings. The fraction of sp³-hybridized carbons (Fsp3) is 0.368. The summed E-state index contributed by atoms with van der Waals surface area (Å²) >= 11 is 0. The van der Waals surface area contributed by atoms with Crippen LogP contribution in [0.1, 0.15) is 27.3 Å². The van der Waals surface area contributed by atoms with Crippen molar-refractivity contribution in [3.8, 4) is 0 Å². The molecule has 27 heavy (non-hydrogen) atoms. The molecular weight excluding hydrogens is 346 g/mol. The highest BCUT2D eigenvalue weighted by molar-refractivity contribution is 6.12. The maximum absolute atomic E-state index is 12.8. The molecule has 0 spiro atoms. The zero-order valence-electron chi connectivity index (χ0n) is 15.9. The van der Waals surface area contributed by atoms with E-state index in [4.69, 9.17) is 9.26 Å². The van der Waals surface area contributed by atoms with Crippen molar-refractivity contribution in [1.29, 1.82) is 0 Å². The van der Waals surface area contributed by atoms with Gasteiger partial charge in [0.05, 0.1) is 23.3 Å². The third-order valence-electron chi connectivity index (χ3n) is 4.19. The van der Waals surface area contributed by atoms with Gasteiger partial charge in [0.15, 0.2) is 0 Å². The smallest absolute Gasteiger partial charge is 0.258 e. The van der Waals surface area contributed by atoms with Crippen LogP contribution in [0.5, 0.6) is 0 Å². The van der Waals surface area contributed by atoms with E-state index in [2.05, 4.69) is 25.3 Å². The number of aromatic nitrogens is 3. The predicted octanol–water partition coefficient (Wildman–Crippen LogP) is 2.57. The van der Waals surface area contributed by atoms with Crippen molar-refractivity contribution in [2.75, 3.05) is 32.6 Å². The Balaban J connectivity index is 1.79. The third kappa shape index (κ3) is 4.47. The molecule has 0 aromatic carbocycles. The highest BCUT2D eigenvalue weighted by Crippen LogP contribution is 2.23. The molecule has 8 heteroatoms. The van der Waals surface area contributed by atoms with Crippen LogP contribution in [0.4, 0.5) is 5.82 Å². The van der Waals surface area contributed by atoms with Crippen LogP contribution in [0.25, 0.3) is 11.1 Å². The lowest BCUT2D eigenvalue weighted by Crippen LogP contribution is -2.22. The number of methoxy groups -OCH3 is 1. The number of anilines is 1. The Kier molecular flexibility index (Phi) is 5.78. The number of hydrogen-bond donors (Lipinski definition) is 1. The summed E-state index contributed by atoms with van der Waals surface area (Å²) in [6.07, 6.45) is 1.69. The van der Waals surface area contributed by atoms with Gasteiger partial charge in [-0.05, 0) is 44.7 Å². The van der Waals surface area contributed by atoms with Crippen molar-refractivity contribution in [2.45, 2.75) is 20.4 Å². The molecule has 0 saturated carbocycles. The molecule has 1 amide bonds. The number of carbonyl (C=O) groups is 1. The lowest BCUT2D eigenvalue weighted by Gasteiger charge is -2.16. The van der Waals surface area contributed by atoms with Gasteiger partial charge in [0, 0.05) is 32.1 Å². The van der Waals surface area contributed by atoms with Crippen LogP contribution in [-0.2, 0) is 11.3 Å². The largest absolute Gasteiger partial charge is 0.383 e. The third-order valence-corrected chi connectivity index (χ3v) is 4.19. The number of pyridine rings is 2. The Morgan fingerprint density at radius 1 is 1.33 bits per heavy atom. The highest BCUT2D eigenvalue weighted by atomic mass is 16.5. The summed E-state index contributed by atoms with van der Waals surface area (Å²) in [6.45, 7) is 5.82. The average molecular weight is 369 g/mol. The molecule has 142 valence electrons. The summed E-state index contributed by atoms with van der Waals surface area (Å²) in [7, 11) is 3.70. The van der Waals surface area contributed by atoms with E-state index in [0.29, 0.717) is 40.5 Å². The van der Waals surface area contributed by atoms with E-state index in [1.54, 1.807) is 26.3 Å². The predicted molar refractivity (Wildman–Crippen MR) is 102 cm³/mol. The van der Waals surface area contributed by atoms with E-state index in [1.807, 2.05) is 26.1 Å². The van der Waals surface area contributed by atoms with E-state index in [1.165, 1.54) is 0 Å². The first-order chi connectivity index (χ1) is 13.0. The normalized spacial score (nSPS) is 11.3. The average Bonchev–Trinajstić information content (AvgIpc) is 3.00. The molecule has 0 atom stereocenters. The number of rotatable bonds is 7. The minimum absolute atomic E-state index is 0.269. The molecule has 1 N–H and O–H groups in total. The summed E-state index contributed by atoms with van der Waals surface area (Å²) in [4.78, 5) is 23.5. The summed E-state index contributed by atoms with van der Waals surface area (Å²) in [5, 5.41) is 7.39. The van der Waals surface area contributed by atoms with Crippen LogP contribution in [0, 0.1) is 13.8 Å². The Morgan fingerprint density at radius 3 is 2.93 bits per heavy atom. The van der Waals surface area contributed by atoms with Gasteiger partial charge in [-0.15, -0.1) is 0 Å². The van der Waals surface area contributed by atoms with E-state index in [9.17, 15) is 4.79 Å². The molecule has 0 fully saturated rings. The van der Waals surface area contributed by atoms with Gasteiger partial charge in [-0.3, -0.25) is 9.69 Å². The molecule has 3 rings (SSSR count). The number of nitrogens with one attached hydrogen (secondary N) is 1. The van der Waals surface area contributed by atoms with Crippen molar-refractivity contribution in [1.82, 2.24) is 20.0 Å². The molecule has 3 aromatic rings. The number of aryl methyl sites for hydroxylation is 2. The first kappa shape index (κ1) is 18.9. The number of amides is 1. The molecule has 0 radical (unpaired) electrons.